The van der Waals surface area contributed by atoms with Crippen LogP contribution in [-0.4, -0.2) is 14.3 Å². The van der Waals surface area contributed by atoms with Crippen molar-refractivity contribution in [3.63, 3.8) is 0 Å². The summed E-state index contributed by atoms with van der Waals surface area (Å²) >= 11 is 6.08. The second-order valence-corrected chi connectivity index (χ2v) is 5.83. The molecule has 0 amide bonds. The van der Waals surface area contributed by atoms with Gasteiger partial charge in [0.1, 0.15) is 11.9 Å². The van der Waals surface area contributed by atoms with Gasteiger partial charge in [0.2, 0.25) is 0 Å². The van der Waals surface area contributed by atoms with Crippen molar-refractivity contribution in [2.75, 3.05) is 5.73 Å². The number of nitrogens with two attached hydrogens (primary N) is 1. The Hall–Kier alpha value is -2.71. The molecule has 2 heterocycles. The fourth-order valence-corrected chi connectivity index (χ4v) is 2.77. The van der Waals surface area contributed by atoms with Crippen molar-refractivity contribution in [1.29, 1.82) is 5.26 Å². The Labute approximate surface area is 139 Å². The largest absolute Gasteiger partial charge is 0.385 e. The highest BCUT2D eigenvalue weighted by Gasteiger charge is 2.10. The summed E-state index contributed by atoms with van der Waals surface area (Å²) in [5, 5.41) is 13.9. The molecule has 0 fully saturated rings. The quantitative estimate of drug-likeness (QED) is 0.794. The third kappa shape index (κ3) is 3.08. The van der Waals surface area contributed by atoms with Crippen molar-refractivity contribution in [3.8, 4) is 17.3 Å². The van der Waals surface area contributed by atoms with Crippen LogP contribution in [0.5, 0.6) is 0 Å². The van der Waals surface area contributed by atoms with Crippen molar-refractivity contribution in [3.05, 3.63) is 59.4 Å². The smallest absolute Gasteiger partial charge is 0.103 e. The van der Waals surface area contributed by atoms with E-state index in [2.05, 4.69) is 18.1 Å². The lowest BCUT2D eigenvalue weighted by molar-refractivity contribution is 0.443. The van der Waals surface area contributed by atoms with Crippen molar-refractivity contribution in [2.24, 2.45) is 0 Å². The number of nitriles is 1. The molecule has 2 N–H and O–H groups in total. The summed E-state index contributed by atoms with van der Waals surface area (Å²) in [6, 6.07) is 13.3. The first kappa shape index (κ1) is 15.2. The molecule has 116 valence electrons. The molecule has 0 saturated carbocycles. The molecule has 0 unspecified atom stereocenters. The zero-order valence-corrected chi connectivity index (χ0v) is 13.4. The molecular formula is C17H16ClN5. The van der Waals surface area contributed by atoms with Gasteiger partial charge in [-0.3, -0.25) is 4.68 Å². The molecule has 5 nitrogen and oxygen atoms in total. The van der Waals surface area contributed by atoms with E-state index in [1.54, 1.807) is 12.1 Å². The van der Waals surface area contributed by atoms with E-state index in [0.717, 1.165) is 17.1 Å². The number of aromatic nitrogens is 3. The third-order valence-electron chi connectivity index (χ3n) is 3.76. The average molecular weight is 326 g/mol. The van der Waals surface area contributed by atoms with Gasteiger partial charge in [-0.25, -0.2) is 0 Å². The molecule has 3 aromatic rings. The summed E-state index contributed by atoms with van der Waals surface area (Å²) in [7, 11) is 0. The number of rotatable bonds is 4. The van der Waals surface area contributed by atoms with Crippen LogP contribution in [0.3, 0.4) is 0 Å². The predicted octanol–water partition coefficient (Wildman–Crippen LogP) is 3.72. The molecule has 1 atom stereocenters. The molecule has 6 heteroatoms. The van der Waals surface area contributed by atoms with Gasteiger partial charge in [-0.2, -0.15) is 10.4 Å². The van der Waals surface area contributed by atoms with Crippen LogP contribution in [0.1, 0.15) is 18.5 Å². The number of hydrogen-bond donors (Lipinski definition) is 1. The molecule has 0 bridgehead atoms. The highest BCUT2D eigenvalue weighted by molar-refractivity contribution is 6.32. The topological polar surface area (TPSA) is 72.6 Å². The Balaban J connectivity index is 1.80. The van der Waals surface area contributed by atoms with E-state index in [1.807, 2.05) is 45.9 Å². The van der Waals surface area contributed by atoms with Crippen molar-refractivity contribution >= 4 is 17.4 Å². The maximum Gasteiger partial charge on any atom is 0.103 e. The van der Waals surface area contributed by atoms with E-state index >= 15 is 0 Å². The second kappa shape index (κ2) is 6.19. The van der Waals surface area contributed by atoms with Gasteiger partial charge < -0.3 is 10.3 Å². The van der Waals surface area contributed by atoms with Crippen molar-refractivity contribution < 1.29 is 0 Å². The van der Waals surface area contributed by atoms with Gasteiger partial charge in [0.15, 0.2) is 0 Å². The number of anilines is 1. The molecular weight excluding hydrogens is 310 g/mol. The van der Waals surface area contributed by atoms with Crippen molar-refractivity contribution in [2.45, 2.75) is 19.5 Å². The van der Waals surface area contributed by atoms with Crippen LogP contribution in [0, 0.1) is 11.3 Å². The number of halogens is 1. The Morgan fingerprint density at radius 1 is 1.30 bits per heavy atom. The van der Waals surface area contributed by atoms with E-state index in [9.17, 15) is 0 Å². The summed E-state index contributed by atoms with van der Waals surface area (Å²) in [4.78, 5) is 0. The minimum atomic E-state index is 0.197. The minimum Gasteiger partial charge on any atom is -0.385 e. The van der Waals surface area contributed by atoms with Crippen LogP contribution in [0.4, 0.5) is 5.82 Å². The lowest BCUT2D eigenvalue weighted by Gasteiger charge is -2.15. The molecule has 0 aliphatic heterocycles. The monoisotopic (exact) mass is 325 g/mol. The van der Waals surface area contributed by atoms with Gasteiger partial charge in [-0.05, 0) is 37.3 Å². The number of nitrogen functional groups attached to an aromatic ring is 1. The molecule has 3 rings (SSSR count). The maximum absolute atomic E-state index is 8.93. The number of hydrogen-bond acceptors (Lipinski definition) is 3. The van der Waals surface area contributed by atoms with Gasteiger partial charge in [0.25, 0.3) is 0 Å². The molecule has 0 radical (unpaired) electrons. The van der Waals surface area contributed by atoms with E-state index in [0.29, 0.717) is 17.1 Å². The van der Waals surface area contributed by atoms with Crippen LogP contribution < -0.4 is 5.73 Å². The maximum atomic E-state index is 8.93. The molecule has 2 aromatic heterocycles. The Kier molecular flexibility index (Phi) is 4.09. The fourth-order valence-electron chi connectivity index (χ4n) is 2.55. The van der Waals surface area contributed by atoms with E-state index in [4.69, 9.17) is 22.6 Å². The highest BCUT2D eigenvalue weighted by atomic mass is 35.5. The summed E-state index contributed by atoms with van der Waals surface area (Å²) in [5.74, 6) is 0.740. The average Bonchev–Trinajstić information content (AvgIpc) is 3.16. The zero-order valence-electron chi connectivity index (χ0n) is 12.6. The zero-order chi connectivity index (χ0) is 16.4. The van der Waals surface area contributed by atoms with E-state index in [-0.39, 0.29) is 6.04 Å². The van der Waals surface area contributed by atoms with E-state index < -0.39 is 0 Å². The van der Waals surface area contributed by atoms with Gasteiger partial charge in [-0.15, -0.1) is 0 Å². The lowest BCUT2D eigenvalue weighted by atomic mass is 10.1. The molecule has 0 saturated heterocycles. The Morgan fingerprint density at radius 2 is 2.13 bits per heavy atom. The van der Waals surface area contributed by atoms with Gasteiger partial charge in [0, 0.05) is 18.0 Å². The second-order valence-electron chi connectivity index (χ2n) is 5.42. The van der Waals surface area contributed by atoms with Crippen LogP contribution in [0.15, 0.2) is 48.8 Å². The summed E-state index contributed by atoms with van der Waals surface area (Å²) in [5.41, 5.74) is 8.10. The fraction of sp³-hybridized carbons (Fsp3) is 0.176. The molecule has 0 aliphatic carbocycles. The summed E-state index contributed by atoms with van der Waals surface area (Å²) < 4.78 is 3.89. The first-order chi connectivity index (χ1) is 11.1. The molecule has 0 spiro atoms. The van der Waals surface area contributed by atoms with E-state index in [1.165, 1.54) is 0 Å². The number of benzene rings is 1. The lowest BCUT2D eigenvalue weighted by Crippen LogP contribution is -2.14. The predicted molar refractivity (Wildman–Crippen MR) is 90.9 cm³/mol. The van der Waals surface area contributed by atoms with Crippen molar-refractivity contribution in [1.82, 2.24) is 14.3 Å². The normalized spacial score (nSPS) is 12.0. The van der Waals surface area contributed by atoms with Gasteiger partial charge >= 0.3 is 0 Å². The molecule has 23 heavy (non-hydrogen) atoms. The first-order valence-electron chi connectivity index (χ1n) is 7.24. The van der Waals surface area contributed by atoms with Crippen LogP contribution in [-0.2, 0) is 6.54 Å². The van der Waals surface area contributed by atoms with Gasteiger partial charge in [-0.1, -0.05) is 17.7 Å². The Bertz CT molecular complexity index is 871. The molecule has 0 aliphatic rings. The minimum absolute atomic E-state index is 0.197. The van der Waals surface area contributed by atoms with Gasteiger partial charge in [0.05, 0.1) is 28.9 Å². The Morgan fingerprint density at radius 3 is 2.78 bits per heavy atom. The highest BCUT2D eigenvalue weighted by Crippen LogP contribution is 2.24. The standard InChI is InChI=1S/C17H16ClN5/c1-12(23-7-2-3-17(23)20)11-22-8-6-16(21-22)13-4-5-14(10-19)15(18)9-13/h2-9,12H,11,20H2,1H3/t12-/m0/s1. The summed E-state index contributed by atoms with van der Waals surface area (Å²) in [6.07, 6.45) is 3.89. The van der Waals surface area contributed by atoms with Crippen LogP contribution >= 0.6 is 11.6 Å². The third-order valence-corrected chi connectivity index (χ3v) is 4.08. The summed E-state index contributed by atoms with van der Waals surface area (Å²) in [6.45, 7) is 2.80. The molecule has 1 aromatic carbocycles. The van der Waals surface area contributed by atoms with Crippen LogP contribution in [0.2, 0.25) is 5.02 Å². The SMILES string of the molecule is C[C@@H](Cn1ccc(-c2ccc(C#N)c(Cl)c2)n1)n1cccc1N. The number of nitrogens with zero attached hydrogens (tertiary/aromatic N) is 4. The van der Waals surface area contributed by atoms with Crippen LogP contribution in [0.25, 0.3) is 11.3 Å². The first-order valence-corrected chi connectivity index (χ1v) is 7.62.